The highest BCUT2D eigenvalue weighted by atomic mass is 16.6. The second-order valence-electron chi connectivity index (χ2n) is 7.98. The van der Waals surface area contributed by atoms with Gasteiger partial charge in [-0.1, -0.05) is 48.5 Å². The highest BCUT2D eigenvalue weighted by Gasteiger charge is 2.32. The molecular formula is C22H28N2O2. The second-order valence-corrected chi connectivity index (χ2v) is 7.98. The maximum atomic E-state index is 12.8. The second kappa shape index (κ2) is 7.50. The third kappa shape index (κ3) is 4.44. The van der Waals surface area contributed by atoms with Crippen LogP contribution in [0.15, 0.2) is 54.6 Å². The van der Waals surface area contributed by atoms with E-state index in [1.807, 2.05) is 45.0 Å². The van der Waals surface area contributed by atoms with E-state index in [2.05, 4.69) is 42.3 Å². The fraction of sp³-hybridized carbons (Fsp3) is 0.409. The first-order valence-electron chi connectivity index (χ1n) is 9.16. The van der Waals surface area contributed by atoms with E-state index in [1.165, 1.54) is 11.1 Å². The van der Waals surface area contributed by atoms with Crippen LogP contribution in [-0.4, -0.2) is 36.2 Å². The third-order valence-corrected chi connectivity index (χ3v) is 4.64. The predicted octanol–water partition coefficient (Wildman–Crippen LogP) is 4.48. The molecule has 1 aliphatic heterocycles. The first-order valence-corrected chi connectivity index (χ1v) is 9.16. The molecule has 1 heterocycles. The molecule has 0 saturated heterocycles. The molecule has 1 aliphatic rings. The van der Waals surface area contributed by atoms with E-state index in [0.29, 0.717) is 6.54 Å². The Bertz CT molecular complexity index is 752. The topological polar surface area (TPSA) is 32.8 Å². The summed E-state index contributed by atoms with van der Waals surface area (Å²) >= 11 is 0. The number of ether oxygens (including phenoxy) is 1. The van der Waals surface area contributed by atoms with Gasteiger partial charge in [0.2, 0.25) is 0 Å². The van der Waals surface area contributed by atoms with Crippen LogP contribution in [0, 0.1) is 0 Å². The Hall–Kier alpha value is -2.33. The first kappa shape index (κ1) is 18.5. The van der Waals surface area contributed by atoms with Gasteiger partial charge in [-0.05, 0) is 51.4 Å². The molecule has 4 heteroatoms. The molecule has 1 atom stereocenters. The number of carbonyl (C=O) groups is 1. The average Bonchev–Trinajstić information content (AvgIpc) is 2.60. The van der Waals surface area contributed by atoms with Crippen LogP contribution in [0.5, 0.6) is 0 Å². The van der Waals surface area contributed by atoms with Crippen molar-refractivity contribution in [2.45, 2.75) is 45.4 Å². The number of anilines is 1. The number of hydrogen-bond donors (Lipinski definition) is 0. The van der Waals surface area contributed by atoms with Crippen molar-refractivity contribution in [2.24, 2.45) is 0 Å². The van der Waals surface area contributed by atoms with Crippen molar-refractivity contribution < 1.29 is 9.53 Å². The minimum Gasteiger partial charge on any atom is -0.443 e. The Morgan fingerprint density at radius 2 is 1.77 bits per heavy atom. The SMILES string of the molecule is CN(Cc1ccccc1)[C@@H]1Cc2ccccc2N(C(=O)OC(C)(C)C)C1. The molecule has 0 radical (unpaired) electrons. The van der Waals surface area contributed by atoms with Crippen LogP contribution < -0.4 is 4.90 Å². The van der Waals surface area contributed by atoms with E-state index in [4.69, 9.17) is 4.74 Å². The smallest absolute Gasteiger partial charge is 0.414 e. The summed E-state index contributed by atoms with van der Waals surface area (Å²) in [5.41, 5.74) is 2.92. The molecule has 3 rings (SSSR count). The van der Waals surface area contributed by atoms with Crippen LogP contribution in [0.2, 0.25) is 0 Å². The van der Waals surface area contributed by atoms with Crippen molar-refractivity contribution in [1.82, 2.24) is 4.90 Å². The number of hydrogen-bond acceptors (Lipinski definition) is 3. The quantitative estimate of drug-likeness (QED) is 0.816. The van der Waals surface area contributed by atoms with Crippen LogP contribution in [-0.2, 0) is 17.7 Å². The fourth-order valence-electron chi connectivity index (χ4n) is 3.36. The number of carbonyl (C=O) groups excluding carboxylic acids is 1. The van der Waals surface area contributed by atoms with E-state index < -0.39 is 5.60 Å². The molecule has 26 heavy (non-hydrogen) atoms. The zero-order valence-corrected chi connectivity index (χ0v) is 16.1. The molecule has 0 unspecified atom stereocenters. The Morgan fingerprint density at radius 3 is 2.46 bits per heavy atom. The van der Waals surface area contributed by atoms with Gasteiger partial charge in [0.1, 0.15) is 5.60 Å². The number of fused-ring (bicyclic) bond motifs is 1. The largest absolute Gasteiger partial charge is 0.443 e. The van der Waals surface area contributed by atoms with Crippen LogP contribution in [0.25, 0.3) is 0 Å². The van der Waals surface area contributed by atoms with Crippen molar-refractivity contribution >= 4 is 11.8 Å². The zero-order chi connectivity index (χ0) is 18.7. The Kier molecular flexibility index (Phi) is 5.33. The molecule has 0 aromatic heterocycles. The molecule has 0 bridgehead atoms. The van der Waals surface area contributed by atoms with E-state index >= 15 is 0 Å². The Morgan fingerprint density at radius 1 is 1.12 bits per heavy atom. The summed E-state index contributed by atoms with van der Waals surface area (Å²) in [6.07, 6.45) is 0.654. The van der Waals surface area contributed by atoms with Gasteiger partial charge in [0, 0.05) is 19.1 Å². The molecular weight excluding hydrogens is 324 g/mol. The van der Waals surface area contributed by atoms with Gasteiger partial charge in [0.25, 0.3) is 0 Å². The molecule has 0 aliphatic carbocycles. The number of benzene rings is 2. The molecule has 4 nitrogen and oxygen atoms in total. The molecule has 0 saturated carbocycles. The van der Waals surface area contributed by atoms with Gasteiger partial charge < -0.3 is 4.74 Å². The number of amides is 1. The van der Waals surface area contributed by atoms with E-state index in [9.17, 15) is 4.79 Å². The number of para-hydroxylation sites is 1. The number of rotatable bonds is 3. The molecule has 138 valence electrons. The molecule has 2 aromatic rings. The molecule has 0 spiro atoms. The van der Waals surface area contributed by atoms with Gasteiger partial charge in [-0.15, -0.1) is 0 Å². The van der Waals surface area contributed by atoms with Crippen molar-refractivity contribution in [3.05, 3.63) is 65.7 Å². The van der Waals surface area contributed by atoms with Crippen molar-refractivity contribution in [1.29, 1.82) is 0 Å². The lowest BCUT2D eigenvalue weighted by Crippen LogP contribution is -2.50. The highest BCUT2D eigenvalue weighted by molar-refractivity contribution is 5.89. The summed E-state index contributed by atoms with van der Waals surface area (Å²) in [7, 11) is 2.12. The monoisotopic (exact) mass is 352 g/mol. The minimum atomic E-state index is -0.505. The van der Waals surface area contributed by atoms with Crippen LogP contribution in [0.1, 0.15) is 31.9 Å². The van der Waals surface area contributed by atoms with Crippen molar-refractivity contribution in [2.75, 3.05) is 18.5 Å². The van der Waals surface area contributed by atoms with Crippen LogP contribution >= 0.6 is 0 Å². The summed E-state index contributed by atoms with van der Waals surface area (Å²) in [6, 6.07) is 18.8. The Balaban J connectivity index is 1.81. The summed E-state index contributed by atoms with van der Waals surface area (Å²) in [5, 5.41) is 0. The average molecular weight is 352 g/mol. The van der Waals surface area contributed by atoms with E-state index in [-0.39, 0.29) is 12.1 Å². The summed E-state index contributed by atoms with van der Waals surface area (Å²) in [5.74, 6) is 0. The fourth-order valence-corrected chi connectivity index (χ4v) is 3.36. The van der Waals surface area contributed by atoms with E-state index in [0.717, 1.165) is 18.7 Å². The van der Waals surface area contributed by atoms with Gasteiger partial charge in [0.15, 0.2) is 0 Å². The van der Waals surface area contributed by atoms with Gasteiger partial charge >= 0.3 is 6.09 Å². The van der Waals surface area contributed by atoms with Gasteiger partial charge in [-0.2, -0.15) is 0 Å². The third-order valence-electron chi connectivity index (χ3n) is 4.64. The first-order chi connectivity index (χ1) is 12.3. The molecule has 0 N–H and O–H groups in total. The predicted molar refractivity (Wildman–Crippen MR) is 105 cm³/mol. The molecule has 2 aromatic carbocycles. The lowest BCUT2D eigenvalue weighted by atomic mass is 9.97. The van der Waals surface area contributed by atoms with Crippen molar-refractivity contribution in [3.63, 3.8) is 0 Å². The molecule has 1 amide bonds. The van der Waals surface area contributed by atoms with Crippen molar-refractivity contribution in [3.8, 4) is 0 Å². The molecule has 0 fully saturated rings. The summed E-state index contributed by atoms with van der Waals surface area (Å²) in [6.45, 7) is 7.20. The Labute approximate surface area is 156 Å². The summed E-state index contributed by atoms with van der Waals surface area (Å²) in [4.78, 5) is 16.9. The lowest BCUT2D eigenvalue weighted by molar-refractivity contribution is 0.0563. The minimum absolute atomic E-state index is 0.248. The van der Waals surface area contributed by atoms with Crippen LogP contribution in [0.3, 0.4) is 0 Å². The normalized spacial score (nSPS) is 17.1. The summed E-state index contributed by atoms with van der Waals surface area (Å²) < 4.78 is 5.65. The van der Waals surface area contributed by atoms with Crippen LogP contribution in [0.4, 0.5) is 10.5 Å². The number of nitrogens with zero attached hydrogens (tertiary/aromatic N) is 2. The highest BCUT2D eigenvalue weighted by Crippen LogP contribution is 2.30. The number of likely N-dealkylation sites (N-methyl/N-ethyl adjacent to an activating group) is 1. The van der Waals surface area contributed by atoms with Gasteiger partial charge in [0.05, 0.1) is 5.69 Å². The van der Waals surface area contributed by atoms with Gasteiger partial charge in [-0.25, -0.2) is 4.79 Å². The maximum Gasteiger partial charge on any atom is 0.414 e. The van der Waals surface area contributed by atoms with Gasteiger partial charge in [-0.3, -0.25) is 9.80 Å². The van der Waals surface area contributed by atoms with E-state index in [1.54, 1.807) is 4.90 Å². The zero-order valence-electron chi connectivity index (χ0n) is 16.1. The maximum absolute atomic E-state index is 12.8. The lowest BCUT2D eigenvalue weighted by Gasteiger charge is -2.39. The standard InChI is InChI=1S/C22H28N2O2/c1-22(2,3)26-21(25)24-16-19(14-18-12-8-9-13-20(18)24)23(4)15-17-10-6-5-7-11-17/h5-13,19H,14-16H2,1-4H3/t19-/m1/s1.